The summed E-state index contributed by atoms with van der Waals surface area (Å²) >= 11 is 0. The van der Waals surface area contributed by atoms with Crippen molar-refractivity contribution in [3.05, 3.63) is 23.9 Å². The summed E-state index contributed by atoms with van der Waals surface area (Å²) < 4.78 is 0. The minimum Gasteiger partial charge on any atom is -0.481 e. The number of aromatic nitrogens is 1. The summed E-state index contributed by atoms with van der Waals surface area (Å²) in [6.07, 6.45) is 1.72. The fraction of sp³-hybridized carbons (Fsp3) is 0.632. The summed E-state index contributed by atoms with van der Waals surface area (Å²) in [6, 6.07) is 5.41. The minimum absolute atomic E-state index is 0.0378. The predicted molar refractivity (Wildman–Crippen MR) is 101 cm³/mol. The van der Waals surface area contributed by atoms with Crippen molar-refractivity contribution in [2.24, 2.45) is 5.92 Å². The summed E-state index contributed by atoms with van der Waals surface area (Å²) in [6.45, 7) is 5.61. The number of piperidine rings is 1. The van der Waals surface area contributed by atoms with E-state index in [-0.39, 0.29) is 18.0 Å². The Labute approximate surface area is 159 Å². The van der Waals surface area contributed by atoms with Crippen LogP contribution in [0.3, 0.4) is 0 Å². The largest absolute Gasteiger partial charge is 0.481 e. The third kappa shape index (κ3) is 4.95. The van der Waals surface area contributed by atoms with E-state index < -0.39 is 11.9 Å². The molecule has 2 aliphatic rings. The van der Waals surface area contributed by atoms with Gasteiger partial charge in [0.2, 0.25) is 0 Å². The van der Waals surface area contributed by atoms with Crippen LogP contribution in [0, 0.1) is 5.92 Å². The lowest BCUT2D eigenvalue weighted by Crippen LogP contribution is -2.56. The van der Waals surface area contributed by atoms with Crippen molar-refractivity contribution in [1.82, 2.24) is 14.8 Å². The Morgan fingerprint density at radius 1 is 1.15 bits per heavy atom. The quantitative estimate of drug-likeness (QED) is 0.761. The molecule has 1 aromatic heterocycles. The van der Waals surface area contributed by atoms with Gasteiger partial charge >= 0.3 is 11.9 Å². The van der Waals surface area contributed by atoms with Crippen molar-refractivity contribution >= 4 is 17.8 Å². The minimum atomic E-state index is -1.04. The molecule has 0 amide bonds. The van der Waals surface area contributed by atoms with Gasteiger partial charge in [-0.3, -0.25) is 9.69 Å². The van der Waals surface area contributed by atoms with E-state index in [1.165, 1.54) is 6.07 Å². The molecule has 0 radical (unpaired) electrons. The molecule has 0 aromatic carbocycles. The molecule has 0 aliphatic carbocycles. The van der Waals surface area contributed by atoms with E-state index in [9.17, 15) is 14.7 Å². The predicted octanol–water partition coefficient (Wildman–Crippen LogP) is 1.09. The molecule has 0 saturated carbocycles. The molecule has 2 saturated heterocycles. The average Bonchev–Trinajstić information content (AvgIpc) is 2.67. The zero-order valence-electron chi connectivity index (χ0n) is 15.8. The molecule has 2 fully saturated rings. The molecule has 3 rings (SSSR count). The SMILES string of the molecule is CN1CCN([C@H]2CCN(c3cccc(C(=O)O)n3)C[C@H]2CCC(=O)O)CC1. The van der Waals surface area contributed by atoms with Gasteiger partial charge in [0.1, 0.15) is 5.82 Å². The van der Waals surface area contributed by atoms with Crippen LogP contribution in [-0.2, 0) is 4.79 Å². The number of piperazine rings is 1. The van der Waals surface area contributed by atoms with Gasteiger partial charge in [0, 0.05) is 51.7 Å². The van der Waals surface area contributed by atoms with Crippen LogP contribution in [-0.4, -0.2) is 89.3 Å². The smallest absolute Gasteiger partial charge is 0.354 e. The van der Waals surface area contributed by atoms with Crippen LogP contribution in [0.25, 0.3) is 0 Å². The highest BCUT2D eigenvalue weighted by atomic mass is 16.4. The van der Waals surface area contributed by atoms with E-state index >= 15 is 0 Å². The van der Waals surface area contributed by atoms with Gasteiger partial charge in [0.05, 0.1) is 0 Å². The summed E-state index contributed by atoms with van der Waals surface area (Å²) in [5.41, 5.74) is 0.0378. The molecule has 2 aliphatic heterocycles. The Bertz CT molecular complexity index is 675. The van der Waals surface area contributed by atoms with E-state index in [4.69, 9.17) is 5.11 Å². The monoisotopic (exact) mass is 376 g/mol. The highest BCUT2D eigenvalue weighted by Gasteiger charge is 2.35. The van der Waals surface area contributed by atoms with Crippen molar-refractivity contribution in [1.29, 1.82) is 0 Å². The lowest BCUT2D eigenvalue weighted by molar-refractivity contribution is -0.137. The maximum atomic E-state index is 11.2. The first kappa shape index (κ1) is 19.6. The fourth-order valence-electron chi connectivity index (χ4n) is 4.17. The van der Waals surface area contributed by atoms with Gasteiger partial charge in [-0.2, -0.15) is 0 Å². The normalized spacial score (nSPS) is 24.7. The molecule has 148 valence electrons. The molecule has 0 unspecified atom stereocenters. The number of rotatable bonds is 6. The molecule has 0 spiro atoms. The van der Waals surface area contributed by atoms with Crippen molar-refractivity contribution < 1.29 is 19.8 Å². The standard InChI is InChI=1S/C19H28N4O4/c1-21-9-11-22(12-10-21)16-7-8-23(13-14(16)5-6-18(24)25)17-4-2-3-15(20-17)19(26)27/h2-4,14,16H,5-13H2,1H3,(H,24,25)(H,26,27)/t14-,16+/m1/s1. The van der Waals surface area contributed by atoms with E-state index in [1.54, 1.807) is 6.07 Å². The molecular formula is C19H28N4O4. The number of likely N-dealkylation sites (N-methyl/N-ethyl adjacent to an activating group) is 1. The van der Waals surface area contributed by atoms with E-state index in [2.05, 4.69) is 26.7 Å². The third-order valence-electron chi connectivity index (χ3n) is 5.71. The summed E-state index contributed by atoms with van der Waals surface area (Å²) in [4.78, 5) is 33.5. The zero-order chi connectivity index (χ0) is 19.4. The van der Waals surface area contributed by atoms with Crippen molar-refractivity contribution in [3.8, 4) is 0 Å². The van der Waals surface area contributed by atoms with E-state index in [0.717, 1.165) is 39.1 Å². The number of aliphatic carboxylic acids is 1. The topological polar surface area (TPSA) is 97.2 Å². The van der Waals surface area contributed by atoms with Crippen LogP contribution in [0.1, 0.15) is 29.8 Å². The lowest BCUT2D eigenvalue weighted by Gasteiger charge is -2.46. The van der Waals surface area contributed by atoms with Gasteiger partial charge in [-0.1, -0.05) is 6.07 Å². The maximum absolute atomic E-state index is 11.2. The molecule has 27 heavy (non-hydrogen) atoms. The average molecular weight is 376 g/mol. The molecule has 2 atom stereocenters. The van der Waals surface area contributed by atoms with Gasteiger partial charge in [-0.25, -0.2) is 9.78 Å². The second-order valence-electron chi connectivity index (χ2n) is 7.52. The van der Waals surface area contributed by atoms with Gasteiger partial charge in [0.25, 0.3) is 0 Å². The molecule has 1 aromatic rings. The Hall–Kier alpha value is -2.19. The highest BCUT2D eigenvalue weighted by molar-refractivity contribution is 5.85. The number of anilines is 1. The summed E-state index contributed by atoms with van der Waals surface area (Å²) in [5.74, 6) is -0.914. The Balaban J connectivity index is 1.73. The van der Waals surface area contributed by atoms with Crippen LogP contribution < -0.4 is 4.90 Å². The highest BCUT2D eigenvalue weighted by Crippen LogP contribution is 2.29. The van der Waals surface area contributed by atoms with Crippen molar-refractivity contribution in [3.63, 3.8) is 0 Å². The number of carboxylic acid groups (broad SMARTS) is 2. The first-order valence-corrected chi connectivity index (χ1v) is 9.53. The molecule has 2 N–H and O–H groups in total. The zero-order valence-corrected chi connectivity index (χ0v) is 15.8. The van der Waals surface area contributed by atoms with Crippen LogP contribution in [0.2, 0.25) is 0 Å². The summed E-state index contributed by atoms with van der Waals surface area (Å²) in [7, 11) is 2.13. The van der Waals surface area contributed by atoms with Gasteiger partial charge in [0.15, 0.2) is 5.69 Å². The summed E-state index contributed by atoms with van der Waals surface area (Å²) in [5, 5.41) is 18.3. The Morgan fingerprint density at radius 2 is 1.89 bits per heavy atom. The molecular weight excluding hydrogens is 348 g/mol. The first-order valence-electron chi connectivity index (χ1n) is 9.53. The number of pyridine rings is 1. The molecule has 8 nitrogen and oxygen atoms in total. The number of carbonyl (C=O) groups is 2. The van der Waals surface area contributed by atoms with E-state index in [1.807, 2.05) is 6.07 Å². The molecule has 3 heterocycles. The number of carboxylic acids is 2. The fourth-order valence-corrected chi connectivity index (χ4v) is 4.17. The Morgan fingerprint density at radius 3 is 2.56 bits per heavy atom. The molecule has 8 heteroatoms. The lowest BCUT2D eigenvalue weighted by atomic mass is 9.86. The number of nitrogens with zero attached hydrogens (tertiary/aromatic N) is 4. The second kappa shape index (κ2) is 8.67. The van der Waals surface area contributed by atoms with Crippen molar-refractivity contribution in [2.45, 2.75) is 25.3 Å². The van der Waals surface area contributed by atoms with Crippen LogP contribution in [0.4, 0.5) is 5.82 Å². The van der Waals surface area contributed by atoms with E-state index in [0.29, 0.717) is 24.8 Å². The van der Waals surface area contributed by atoms with Gasteiger partial charge in [-0.05, 0) is 37.9 Å². The van der Waals surface area contributed by atoms with Crippen LogP contribution >= 0.6 is 0 Å². The maximum Gasteiger partial charge on any atom is 0.354 e. The van der Waals surface area contributed by atoms with Gasteiger partial charge in [-0.15, -0.1) is 0 Å². The van der Waals surface area contributed by atoms with Crippen LogP contribution in [0.5, 0.6) is 0 Å². The Kier molecular flexibility index (Phi) is 6.28. The van der Waals surface area contributed by atoms with Crippen molar-refractivity contribution in [2.75, 3.05) is 51.2 Å². The third-order valence-corrected chi connectivity index (χ3v) is 5.71. The number of hydrogen-bond donors (Lipinski definition) is 2. The second-order valence-corrected chi connectivity index (χ2v) is 7.52. The number of aromatic carboxylic acids is 1. The molecule has 0 bridgehead atoms. The number of hydrogen-bond acceptors (Lipinski definition) is 6. The first-order chi connectivity index (χ1) is 12.9. The van der Waals surface area contributed by atoms with Gasteiger partial charge < -0.3 is 20.0 Å². The van der Waals surface area contributed by atoms with Crippen LogP contribution in [0.15, 0.2) is 18.2 Å².